The van der Waals surface area contributed by atoms with E-state index in [1.165, 1.54) is 0 Å². The standard InChI is InChI=1S/C17H19N7/c1-11-4-15(20-9-19-11)23-5-12-7-24(8-13(12)6-23)17-14-2-3-18-16(14)21-10-22-17/h2-4,9-10,12-13H,5-8H2,1H3,(H,18,21,22). The molecule has 3 aromatic rings. The molecule has 0 bridgehead atoms. The Hall–Kier alpha value is -2.70. The van der Waals surface area contributed by atoms with E-state index in [0.29, 0.717) is 11.8 Å². The fraction of sp³-hybridized carbons (Fsp3) is 0.412. The predicted octanol–water partition coefficient (Wildman–Crippen LogP) is 1.63. The number of aromatic nitrogens is 5. The van der Waals surface area contributed by atoms with Crippen LogP contribution in [-0.4, -0.2) is 51.1 Å². The van der Waals surface area contributed by atoms with Crippen LogP contribution in [0.5, 0.6) is 0 Å². The van der Waals surface area contributed by atoms with Crippen molar-refractivity contribution in [3.05, 3.63) is 36.7 Å². The molecule has 24 heavy (non-hydrogen) atoms. The van der Waals surface area contributed by atoms with Gasteiger partial charge >= 0.3 is 0 Å². The summed E-state index contributed by atoms with van der Waals surface area (Å²) >= 11 is 0. The van der Waals surface area contributed by atoms with Gasteiger partial charge < -0.3 is 14.8 Å². The van der Waals surface area contributed by atoms with Gasteiger partial charge in [-0.1, -0.05) is 0 Å². The maximum atomic E-state index is 4.54. The molecule has 7 heteroatoms. The van der Waals surface area contributed by atoms with Crippen LogP contribution in [0.2, 0.25) is 0 Å². The number of nitrogens with one attached hydrogen (secondary N) is 1. The van der Waals surface area contributed by atoms with E-state index in [9.17, 15) is 0 Å². The number of nitrogens with zero attached hydrogens (tertiary/aromatic N) is 6. The Kier molecular flexibility index (Phi) is 2.95. The number of hydrogen-bond donors (Lipinski definition) is 1. The smallest absolute Gasteiger partial charge is 0.142 e. The molecular formula is C17H19N7. The van der Waals surface area contributed by atoms with Crippen LogP contribution >= 0.6 is 0 Å². The van der Waals surface area contributed by atoms with E-state index < -0.39 is 0 Å². The number of aromatic amines is 1. The Labute approximate surface area is 139 Å². The molecule has 0 radical (unpaired) electrons. The summed E-state index contributed by atoms with van der Waals surface area (Å²) in [6.07, 6.45) is 5.24. The SMILES string of the molecule is Cc1cc(N2CC3CN(c4ncnc5[nH]ccc45)CC3C2)ncn1. The average Bonchev–Trinajstić information content (AvgIpc) is 3.28. The molecule has 2 fully saturated rings. The van der Waals surface area contributed by atoms with Gasteiger partial charge in [0.15, 0.2) is 0 Å². The first-order valence-electron chi connectivity index (χ1n) is 8.34. The Morgan fingerprint density at radius 3 is 2.50 bits per heavy atom. The van der Waals surface area contributed by atoms with E-state index in [4.69, 9.17) is 0 Å². The van der Waals surface area contributed by atoms with Crippen molar-refractivity contribution < 1.29 is 0 Å². The van der Waals surface area contributed by atoms with Crippen LogP contribution in [0, 0.1) is 18.8 Å². The summed E-state index contributed by atoms with van der Waals surface area (Å²) in [5.41, 5.74) is 1.93. The van der Waals surface area contributed by atoms with Crippen LogP contribution in [0.3, 0.4) is 0 Å². The molecule has 2 unspecified atom stereocenters. The lowest BCUT2D eigenvalue weighted by molar-refractivity contribution is 0.533. The quantitative estimate of drug-likeness (QED) is 0.773. The van der Waals surface area contributed by atoms with Crippen molar-refractivity contribution in [2.24, 2.45) is 11.8 Å². The molecule has 5 heterocycles. The second-order valence-corrected chi connectivity index (χ2v) is 6.78. The average molecular weight is 321 g/mol. The highest BCUT2D eigenvalue weighted by molar-refractivity contribution is 5.87. The van der Waals surface area contributed by atoms with E-state index >= 15 is 0 Å². The molecule has 0 spiro atoms. The third-order valence-corrected chi connectivity index (χ3v) is 5.23. The molecule has 2 atom stereocenters. The first kappa shape index (κ1) is 13.7. The van der Waals surface area contributed by atoms with Crippen molar-refractivity contribution in [2.75, 3.05) is 36.0 Å². The Bertz CT molecular complexity index is 875. The zero-order chi connectivity index (χ0) is 16.1. The summed E-state index contributed by atoms with van der Waals surface area (Å²) in [6.45, 7) is 6.21. The zero-order valence-corrected chi connectivity index (χ0v) is 13.6. The fourth-order valence-electron chi connectivity index (χ4n) is 4.08. The fourth-order valence-corrected chi connectivity index (χ4v) is 4.08. The molecule has 2 saturated heterocycles. The summed E-state index contributed by atoms with van der Waals surface area (Å²) in [6, 6.07) is 4.14. The first-order chi connectivity index (χ1) is 11.8. The van der Waals surface area contributed by atoms with Gasteiger partial charge in [-0.05, 0) is 13.0 Å². The van der Waals surface area contributed by atoms with Gasteiger partial charge in [-0.15, -0.1) is 0 Å². The maximum absolute atomic E-state index is 4.54. The molecule has 3 aromatic heterocycles. The highest BCUT2D eigenvalue weighted by Crippen LogP contribution is 2.36. The zero-order valence-electron chi connectivity index (χ0n) is 13.6. The highest BCUT2D eigenvalue weighted by Gasteiger charge is 2.41. The molecular weight excluding hydrogens is 302 g/mol. The third-order valence-electron chi connectivity index (χ3n) is 5.23. The monoisotopic (exact) mass is 321 g/mol. The van der Waals surface area contributed by atoms with Gasteiger partial charge in [-0.2, -0.15) is 0 Å². The topological polar surface area (TPSA) is 73.8 Å². The van der Waals surface area contributed by atoms with Gasteiger partial charge in [0, 0.05) is 56.0 Å². The number of fused-ring (bicyclic) bond motifs is 2. The molecule has 7 nitrogen and oxygen atoms in total. The second kappa shape index (κ2) is 5.15. The van der Waals surface area contributed by atoms with E-state index in [1.54, 1.807) is 12.7 Å². The van der Waals surface area contributed by atoms with Gasteiger partial charge in [0.05, 0.1) is 5.39 Å². The summed E-state index contributed by atoms with van der Waals surface area (Å²) < 4.78 is 0. The summed E-state index contributed by atoms with van der Waals surface area (Å²) in [7, 11) is 0. The minimum Gasteiger partial charge on any atom is -0.356 e. The van der Waals surface area contributed by atoms with Gasteiger partial charge in [-0.25, -0.2) is 19.9 Å². The largest absolute Gasteiger partial charge is 0.356 e. The molecule has 5 rings (SSSR count). The Morgan fingerprint density at radius 2 is 1.71 bits per heavy atom. The Morgan fingerprint density at radius 1 is 0.958 bits per heavy atom. The number of H-pyrrole nitrogens is 1. The van der Waals surface area contributed by atoms with E-state index in [0.717, 1.165) is 54.5 Å². The van der Waals surface area contributed by atoms with Crippen molar-refractivity contribution in [3.63, 3.8) is 0 Å². The molecule has 0 amide bonds. The number of rotatable bonds is 2. The lowest BCUT2D eigenvalue weighted by Crippen LogP contribution is -2.29. The van der Waals surface area contributed by atoms with Crippen molar-refractivity contribution >= 4 is 22.7 Å². The number of hydrogen-bond acceptors (Lipinski definition) is 6. The van der Waals surface area contributed by atoms with E-state index in [1.807, 2.05) is 13.1 Å². The lowest BCUT2D eigenvalue weighted by Gasteiger charge is -2.23. The molecule has 1 N–H and O–H groups in total. The third kappa shape index (κ3) is 2.11. The van der Waals surface area contributed by atoms with Gasteiger partial charge in [0.1, 0.15) is 29.9 Å². The molecule has 2 aliphatic rings. The number of anilines is 2. The molecule has 0 aliphatic carbocycles. The molecule has 2 aliphatic heterocycles. The lowest BCUT2D eigenvalue weighted by atomic mass is 10.0. The van der Waals surface area contributed by atoms with Crippen LogP contribution < -0.4 is 9.80 Å². The van der Waals surface area contributed by atoms with E-state index in [-0.39, 0.29) is 0 Å². The van der Waals surface area contributed by atoms with Gasteiger partial charge in [0.2, 0.25) is 0 Å². The minimum atomic E-state index is 0.657. The van der Waals surface area contributed by atoms with Crippen molar-refractivity contribution in [2.45, 2.75) is 6.92 Å². The maximum Gasteiger partial charge on any atom is 0.142 e. The van der Waals surface area contributed by atoms with Crippen LogP contribution in [0.25, 0.3) is 11.0 Å². The predicted molar refractivity (Wildman–Crippen MR) is 92.1 cm³/mol. The second-order valence-electron chi connectivity index (χ2n) is 6.78. The summed E-state index contributed by atoms with van der Waals surface area (Å²) in [5.74, 6) is 3.42. The molecule has 0 aromatic carbocycles. The minimum absolute atomic E-state index is 0.657. The normalized spacial score (nSPS) is 23.2. The molecule has 122 valence electrons. The molecule has 0 saturated carbocycles. The van der Waals surface area contributed by atoms with Crippen LogP contribution in [0.4, 0.5) is 11.6 Å². The van der Waals surface area contributed by atoms with Gasteiger partial charge in [0.25, 0.3) is 0 Å². The Balaban J connectivity index is 1.36. The summed E-state index contributed by atoms with van der Waals surface area (Å²) in [4.78, 5) is 25.4. The highest BCUT2D eigenvalue weighted by atomic mass is 15.3. The van der Waals surface area contributed by atoms with E-state index in [2.05, 4.69) is 46.9 Å². The van der Waals surface area contributed by atoms with Crippen LogP contribution in [-0.2, 0) is 0 Å². The van der Waals surface area contributed by atoms with Gasteiger partial charge in [-0.3, -0.25) is 0 Å². The van der Waals surface area contributed by atoms with Crippen molar-refractivity contribution in [1.29, 1.82) is 0 Å². The van der Waals surface area contributed by atoms with Crippen molar-refractivity contribution in [3.8, 4) is 0 Å². The summed E-state index contributed by atoms with van der Waals surface area (Å²) in [5, 5.41) is 1.11. The number of aryl methyl sites for hydroxylation is 1. The first-order valence-corrected chi connectivity index (χ1v) is 8.34. The van der Waals surface area contributed by atoms with Crippen molar-refractivity contribution in [1.82, 2.24) is 24.9 Å². The van der Waals surface area contributed by atoms with Crippen LogP contribution in [0.1, 0.15) is 5.69 Å². The van der Waals surface area contributed by atoms with Crippen LogP contribution in [0.15, 0.2) is 31.0 Å².